The summed E-state index contributed by atoms with van der Waals surface area (Å²) in [5, 5.41) is 21.7. The number of ether oxygens (including phenoxy) is 1. The Hall–Kier alpha value is -2.84. The van der Waals surface area contributed by atoms with Crippen molar-refractivity contribution >= 4 is 11.7 Å². The highest BCUT2D eigenvalue weighted by Gasteiger charge is 2.20. The van der Waals surface area contributed by atoms with Crippen molar-refractivity contribution in [1.82, 2.24) is 20.2 Å². The van der Waals surface area contributed by atoms with E-state index in [0.29, 0.717) is 5.56 Å². The second kappa shape index (κ2) is 6.07. The minimum atomic E-state index is -0.669. The second-order valence-electron chi connectivity index (χ2n) is 4.27. The molecule has 2 aromatic rings. The molecule has 21 heavy (non-hydrogen) atoms. The van der Waals surface area contributed by atoms with Gasteiger partial charge in [-0.25, -0.2) is 9.48 Å². The summed E-state index contributed by atoms with van der Waals surface area (Å²) in [6.07, 6.45) is 0. The van der Waals surface area contributed by atoms with E-state index in [1.54, 1.807) is 19.1 Å². The van der Waals surface area contributed by atoms with Crippen molar-refractivity contribution < 1.29 is 14.5 Å². The molecule has 1 heterocycles. The van der Waals surface area contributed by atoms with Gasteiger partial charge in [0, 0.05) is 6.07 Å². The SMILES string of the molecule is CCOC(=O)c1nnnn1Cc1cc(C)ccc1[N+](=O)[O-]. The van der Waals surface area contributed by atoms with Crippen LogP contribution in [-0.4, -0.2) is 37.7 Å². The standard InChI is InChI=1S/C12H13N5O4/c1-3-21-12(18)11-13-14-15-16(11)7-9-6-8(2)4-5-10(9)17(19)20/h4-6H,3,7H2,1-2H3. The summed E-state index contributed by atoms with van der Waals surface area (Å²) in [5.41, 5.74) is 1.23. The van der Waals surface area contributed by atoms with E-state index in [1.165, 1.54) is 10.7 Å². The lowest BCUT2D eigenvalue weighted by molar-refractivity contribution is -0.385. The monoisotopic (exact) mass is 291 g/mol. The van der Waals surface area contributed by atoms with Crippen LogP contribution in [-0.2, 0) is 11.3 Å². The zero-order valence-corrected chi connectivity index (χ0v) is 11.5. The molecular weight excluding hydrogens is 278 g/mol. The molecule has 0 bridgehead atoms. The largest absolute Gasteiger partial charge is 0.460 e. The molecule has 0 unspecified atom stereocenters. The Labute approximate surface area is 119 Å². The van der Waals surface area contributed by atoms with Crippen LogP contribution in [0.1, 0.15) is 28.7 Å². The molecule has 0 fully saturated rings. The number of tetrazole rings is 1. The number of hydrogen-bond acceptors (Lipinski definition) is 7. The van der Waals surface area contributed by atoms with Crippen LogP contribution >= 0.6 is 0 Å². The molecular formula is C12H13N5O4. The van der Waals surface area contributed by atoms with Gasteiger partial charge in [-0.1, -0.05) is 11.6 Å². The van der Waals surface area contributed by atoms with Crippen molar-refractivity contribution in [2.75, 3.05) is 6.61 Å². The quantitative estimate of drug-likeness (QED) is 0.460. The number of aromatic nitrogens is 4. The minimum Gasteiger partial charge on any atom is -0.460 e. The summed E-state index contributed by atoms with van der Waals surface area (Å²) in [5.74, 6) is -0.759. The van der Waals surface area contributed by atoms with E-state index in [2.05, 4.69) is 15.5 Å². The van der Waals surface area contributed by atoms with Crippen LogP contribution in [0.2, 0.25) is 0 Å². The zero-order chi connectivity index (χ0) is 15.4. The van der Waals surface area contributed by atoms with Gasteiger partial charge >= 0.3 is 5.97 Å². The molecule has 2 rings (SSSR count). The third-order valence-electron chi connectivity index (χ3n) is 2.74. The van der Waals surface area contributed by atoms with Gasteiger partial charge in [-0.3, -0.25) is 10.1 Å². The van der Waals surface area contributed by atoms with Crippen molar-refractivity contribution in [3.05, 3.63) is 45.3 Å². The fraction of sp³-hybridized carbons (Fsp3) is 0.333. The normalized spacial score (nSPS) is 10.4. The number of aryl methyl sites for hydroxylation is 1. The van der Waals surface area contributed by atoms with Crippen molar-refractivity contribution in [1.29, 1.82) is 0 Å². The Morgan fingerprint density at radius 3 is 2.90 bits per heavy atom. The van der Waals surface area contributed by atoms with E-state index < -0.39 is 10.9 Å². The predicted molar refractivity (Wildman–Crippen MR) is 70.7 cm³/mol. The molecule has 1 aromatic heterocycles. The molecule has 0 saturated carbocycles. The van der Waals surface area contributed by atoms with Crippen LogP contribution in [0.5, 0.6) is 0 Å². The summed E-state index contributed by atoms with van der Waals surface area (Å²) < 4.78 is 6.01. The zero-order valence-electron chi connectivity index (χ0n) is 11.5. The molecule has 0 spiro atoms. The maximum atomic E-state index is 11.7. The lowest BCUT2D eigenvalue weighted by Gasteiger charge is -2.06. The highest BCUT2D eigenvalue weighted by molar-refractivity contribution is 5.85. The number of hydrogen-bond donors (Lipinski definition) is 0. The molecule has 110 valence electrons. The first-order valence-corrected chi connectivity index (χ1v) is 6.20. The van der Waals surface area contributed by atoms with Gasteiger partial charge in [0.1, 0.15) is 0 Å². The number of rotatable bonds is 5. The van der Waals surface area contributed by atoms with E-state index in [-0.39, 0.29) is 24.7 Å². The predicted octanol–water partition coefficient (Wildman–Crippen LogP) is 1.11. The Kier molecular flexibility index (Phi) is 4.21. The highest BCUT2D eigenvalue weighted by atomic mass is 16.6. The fourth-order valence-electron chi connectivity index (χ4n) is 1.83. The number of carbonyl (C=O) groups excluding carboxylic acids is 1. The first kappa shape index (κ1) is 14.6. The van der Waals surface area contributed by atoms with E-state index in [9.17, 15) is 14.9 Å². The molecule has 9 heteroatoms. The number of carbonyl (C=O) groups is 1. The van der Waals surface area contributed by atoms with Gasteiger partial charge < -0.3 is 4.74 Å². The summed E-state index contributed by atoms with van der Waals surface area (Å²) >= 11 is 0. The van der Waals surface area contributed by atoms with Crippen molar-refractivity contribution in [3.63, 3.8) is 0 Å². The number of nitro benzene ring substituents is 1. The Morgan fingerprint density at radius 2 is 2.24 bits per heavy atom. The average Bonchev–Trinajstić information content (AvgIpc) is 2.87. The topological polar surface area (TPSA) is 113 Å². The average molecular weight is 291 g/mol. The summed E-state index contributed by atoms with van der Waals surface area (Å²) in [6.45, 7) is 3.69. The Morgan fingerprint density at radius 1 is 1.48 bits per heavy atom. The van der Waals surface area contributed by atoms with Gasteiger partial charge in [0.15, 0.2) is 0 Å². The third-order valence-corrected chi connectivity index (χ3v) is 2.74. The summed E-state index contributed by atoms with van der Waals surface area (Å²) in [6, 6.07) is 4.72. The maximum absolute atomic E-state index is 11.7. The van der Waals surface area contributed by atoms with Gasteiger partial charge in [0.05, 0.1) is 23.6 Å². The van der Waals surface area contributed by atoms with Crippen LogP contribution in [0.15, 0.2) is 18.2 Å². The smallest absolute Gasteiger partial charge is 0.378 e. The van der Waals surface area contributed by atoms with Crippen molar-refractivity contribution in [2.24, 2.45) is 0 Å². The molecule has 0 aliphatic rings. The molecule has 0 atom stereocenters. The van der Waals surface area contributed by atoms with Gasteiger partial charge in [-0.05, 0) is 30.3 Å². The van der Waals surface area contributed by atoms with Gasteiger partial charge in [0.25, 0.3) is 11.5 Å². The molecule has 1 aromatic carbocycles. The van der Waals surface area contributed by atoms with Gasteiger partial charge in [-0.2, -0.15) is 0 Å². The number of nitro groups is 1. The Balaban J connectivity index is 2.35. The molecule has 0 radical (unpaired) electrons. The number of nitrogens with zero attached hydrogens (tertiary/aromatic N) is 5. The molecule has 9 nitrogen and oxygen atoms in total. The minimum absolute atomic E-state index is 0.0130. The van der Waals surface area contributed by atoms with Crippen LogP contribution in [0, 0.1) is 17.0 Å². The van der Waals surface area contributed by atoms with Crippen molar-refractivity contribution in [2.45, 2.75) is 20.4 Å². The molecule has 0 aliphatic heterocycles. The molecule has 0 aliphatic carbocycles. The van der Waals surface area contributed by atoms with Crippen LogP contribution in [0.25, 0.3) is 0 Å². The lowest BCUT2D eigenvalue weighted by Crippen LogP contribution is -2.15. The molecule has 0 saturated heterocycles. The Bertz CT molecular complexity index is 682. The fourth-order valence-corrected chi connectivity index (χ4v) is 1.83. The third kappa shape index (κ3) is 3.19. The van der Waals surface area contributed by atoms with Gasteiger partial charge in [0.2, 0.25) is 0 Å². The van der Waals surface area contributed by atoms with Crippen LogP contribution in [0.3, 0.4) is 0 Å². The van der Waals surface area contributed by atoms with Crippen LogP contribution < -0.4 is 0 Å². The van der Waals surface area contributed by atoms with E-state index in [0.717, 1.165) is 5.56 Å². The first-order valence-electron chi connectivity index (χ1n) is 6.20. The van der Waals surface area contributed by atoms with E-state index in [1.807, 2.05) is 6.92 Å². The van der Waals surface area contributed by atoms with E-state index >= 15 is 0 Å². The summed E-state index contributed by atoms with van der Waals surface area (Å²) in [7, 11) is 0. The highest BCUT2D eigenvalue weighted by Crippen LogP contribution is 2.21. The maximum Gasteiger partial charge on any atom is 0.378 e. The van der Waals surface area contributed by atoms with Crippen molar-refractivity contribution in [3.8, 4) is 0 Å². The first-order chi connectivity index (χ1) is 10.0. The number of esters is 1. The van der Waals surface area contributed by atoms with E-state index in [4.69, 9.17) is 4.74 Å². The van der Waals surface area contributed by atoms with Crippen LogP contribution in [0.4, 0.5) is 5.69 Å². The second-order valence-corrected chi connectivity index (χ2v) is 4.27. The molecule has 0 N–H and O–H groups in total. The summed E-state index contributed by atoms with van der Waals surface area (Å²) in [4.78, 5) is 22.2. The number of benzene rings is 1. The lowest BCUT2D eigenvalue weighted by atomic mass is 10.1. The molecule has 0 amide bonds. The van der Waals surface area contributed by atoms with Gasteiger partial charge in [-0.15, -0.1) is 5.10 Å².